The molecule has 3 rings (SSSR count). The molecule has 2 fully saturated rings. The molecular weight excluding hydrogens is 271 g/mol. The Morgan fingerprint density at radius 2 is 1.90 bits per heavy atom. The van der Waals surface area contributed by atoms with Gasteiger partial charge in [0.1, 0.15) is 17.7 Å². The van der Waals surface area contributed by atoms with Gasteiger partial charge in [-0.3, -0.25) is 0 Å². The number of halogens is 1. The number of benzene rings is 1. The molecule has 0 aromatic heterocycles. The summed E-state index contributed by atoms with van der Waals surface area (Å²) >= 11 is 0. The van der Waals surface area contributed by atoms with Crippen LogP contribution in [0, 0.1) is 5.82 Å². The number of ether oxygens (including phenoxy) is 2. The summed E-state index contributed by atoms with van der Waals surface area (Å²) in [7, 11) is 0. The zero-order chi connectivity index (χ0) is 14.5. The summed E-state index contributed by atoms with van der Waals surface area (Å²) in [5.41, 5.74) is 0. The van der Waals surface area contributed by atoms with Crippen molar-refractivity contribution in [3.63, 3.8) is 0 Å². The van der Waals surface area contributed by atoms with Crippen molar-refractivity contribution in [2.24, 2.45) is 0 Å². The van der Waals surface area contributed by atoms with Gasteiger partial charge in [0.25, 0.3) is 0 Å². The Morgan fingerprint density at radius 3 is 2.67 bits per heavy atom. The van der Waals surface area contributed by atoms with Crippen molar-refractivity contribution in [3.8, 4) is 5.75 Å². The Bertz CT molecular complexity index is 434. The van der Waals surface area contributed by atoms with Crippen molar-refractivity contribution < 1.29 is 13.9 Å². The first kappa shape index (κ1) is 14.8. The quantitative estimate of drug-likeness (QED) is 0.887. The first-order valence-electron chi connectivity index (χ1n) is 7.78. The Hall–Kier alpha value is -1.17. The number of hydrogen-bond donors (Lipinski definition) is 2. The standard InChI is InChI=1S/C16H23FN2O2/c17-12-1-3-14(4-2-12)21-16-7-10-20-11-15(16)19-13-5-8-18-9-6-13/h1-4,13,15-16,18-19H,5-11H2/t15-,16+/m1/s1. The molecule has 5 heteroatoms. The highest BCUT2D eigenvalue weighted by atomic mass is 19.1. The fourth-order valence-corrected chi connectivity index (χ4v) is 2.99. The lowest BCUT2D eigenvalue weighted by molar-refractivity contribution is -0.00871. The van der Waals surface area contributed by atoms with Crippen molar-refractivity contribution in [3.05, 3.63) is 30.1 Å². The molecule has 116 valence electrons. The molecule has 1 aromatic rings. The molecule has 0 aliphatic carbocycles. The predicted molar refractivity (Wildman–Crippen MR) is 79.1 cm³/mol. The highest BCUT2D eigenvalue weighted by Gasteiger charge is 2.29. The van der Waals surface area contributed by atoms with Gasteiger partial charge in [-0.1, -0.05) is 0 Å². The van der Waals surface area contributed by atoms with Crippen LogP contribution in [-0.4, -0.2) is 44.5 Å². The van der Waals surface area contributed by atoms with Crippen molar-refractivity contribution in [1.82, 2.24) is 10.6 Å². The molecular formula is C16H23FN2O2. The molecule has 2 saturated heterocycles. The summed E-state index contributed by atoms with van der Waals surface area (Å²) in [5.74, 6) is 0.485. The van der Waals surface area contributed by atoms with Crippen LogP contribution in [0.1, 0.15) is 19.3 Å². The van der Waals surface area contributed by atoms with Crippen molar-refractivity contribution >= 4 is 0 Å². The molecule has 2 aliphatic heterocycles. The minimum atomic E-state index is -0.237. The van der Waals surface area contributed by atoms with E-state index in [-0.39, 0.29) is 18.0 Å². The maximum absolute atomic E-state index is 13.0. The minimum Gasteiger partial charge on any atom is -0.489 e. The van der Waals surface area contributed by atoms with Crippen molar-refractivity contribution in [1.29, 1.82) is 0 Å². The molecule has 0 bridgehead atoms. The Labute approximate surface area is 125 Å². The highest BCUT2D eigenvalue weighted by Crippen LogP contribution is 2.19. The topological polar surface area (TPSA) is 42.5 Å². The van der Waals surface area contributed by atoms with Crippen LogP contribution in [0.4, 0.5) is 4.39 Å². The highest BCUT2D eigenvalue weighted by molar-refractivity contribution is 5.22. The van der Waals surface area contributed by atoms with Gasteiger partial charge in [0, 0.05) is 12.5 Å². The van der Waals surface area contributed by atoms with E-state index in [1.807, 2.05) is 0 Å². The van der Waals surface area contributed by atoms with Crippen molar-refractivity contribution in [2.45, 2.75) is 37.5 Å². The lowest BCUT2D eigenvalue weighted by Crippen LogP contribution is -2.55. The van der Waals surface area contributed by atoms with Gasteiger partial charge in [-0.05, 0) is 50.2 Å². The fraction of sp³-hybridized carbons (Fsp3) is 0.625. The van der Waals surface area contributed by atoms with E-state index >= 15 is 0 Å². The lowest BCUT2D eigenvalue weighted by atomic mass is 10.0. The summed E-state index contributed by atoms with van der Waals surface area (Å²) in [5, 5.41) is 7.05. The van der Waals surface area contributed by atoms with Gasteiger partial charge >= 0.3 is 0 Å². The monoisotopic (exact) mass is 294 g/mol. The largest absolute Gasteiger partial charge is 0.489 e. The van der Waals surface area contributed by atoms with E-state index in [1.165, 1.54) is 12.1 Å². The summed E-state index contributed by atoms with van der Waals surface area (Å²) in [6, 6.07) is 6.97. The first-order valence-corrected chi connectivity index (χ1v) is 7.78. The summed E-state index contributed by atoms with van der Waals surface area (Å²) < 4.78 is 24.6. The van der Waals surface area contributed by atoms with Crippen LogP contribution in [0.2, 0.25) is 0 Å². The number of hydrogen-bond acceptors (Lipinski definition) is 4. The summed E-state index contributed by atoms with van der Waals surface area (Å²) in [6.07, 6.45) is 3.22. The molecule has 0 unspecified atom stereocenters. The van der Waals surface area contributed by atoms with Crippen LogP contribution in [-0.2, 0) is 4.74 Å². The van der Waals surface area contributed by atoms with Gasteiger partial charge in [0.05, 0.1) is 19.3 Å². The van der Waals surface area contributed by atoms with E-state index in [1.54, 1.807) is 12.1 Å². The minimum absolute atomic E-state index is 0.0825. The molecule has 0 radical (unpaired) electrons. The van der Waals surface area contributed by atoms with Gasteiger partial charge < -0.3 is 20.1 Å². The van der Waals surface area contributed by atoms with Gasteiger partial charge in [-0.15, -0.1) is 0 Å². The fourth-order valence-electron chi connectivity index (χ4n) is 2.99. The molecule has 1 aromatic carbocycles. The predicted octanol–water partition coefficient (Wildman–Crippen LogP) is 1.70. The smallest absolute Gasteiger partial charge is 0.123 e. The Balaban J connectivity index is 1.59. The maximum Gasteiger partial charge on any atom is 0.123 e. The summed E-state index contributed by atoms with van der Waals surface area (Å²) in [4.78, 5) is 0. The van der Waals surface area contributed by atoms with Gasteiger partial charge in [-0.2, -0.15) is 0 Å². The number of nitrogens with one attached hydrogen (secondary N) is 2. The second kappa shape index (κ2) is 7.20. The van der Waals surface area contributed by atoms with E-state index in [4.69, 9.17) is 9.47 Å². The first-order chi connectivity index (χ1) is 10.3. The third kappa shape index (κ3) is 4.15. The number of piperidine rings is 1. The van der Waals surface area contributed by atoms with Gasteiger partial charge in [0.15, 0.2) is 0 Å². The third-order valence-corrected chi connectivity index (χ3v) is 4.18. The van der Waals surface area contributed by atoms with Crippen LogP contribution >= 0.6 is 0 Å². The number of rotatable bonds is 4. The molecule has 21 heavy (non-hydrogen) atoms. The molecule has 0 saturated carbocycles. The average molecular weight is 294 g/mol. The van der Waals surface area contributed by atoms with Crippen LogP contribution in [0.25, 0.3) is 0 Å². The van der Waals surface area contributed by atoms with E-state index in [2.05, 4.69) is 10.6 Å². The van der Waals surface area contributed by atoms with Crippen molar-refractivity contribution in [2.75, 3.05) is 26.3 Å². The zero-order valence-corrected chi connectivity index (χ0v) is 12.2. The molecule has 2 heterocycles. The van der Waals surface area contributed by atoms with Crippen LogP contribution in [0.5, 0.6) is 5.75 Å². The van der Waals surface area contributed by atoms with Crippen LogP contribution in [0.3, 0.4) is 0 Å². The van der Waals surface area contributed by atoms with E-state index in [9.17, 15) is 4.39 Å². The van der Waals surface area contributed by atoms with Gasteiger partial charge in [0.2, 0.25) is 0 Å². The average Bonchev–Trinajstić information content (AvgIpc) is 2.52. The van der Waals surface area contributed by atoms with Crippen LogP contribution < -0.4 is 15.4 Å². The SMILES string of the molecule is Fc1ccc(O[C@H]2CCOC[C@H]2NC2CCNCC2)cc1. The molecule has 2 atom stereocenters. The summed E-state index contributed by atoms with van der Waals surface area (Å²) in [6.45, 7) is 3.52. The molecule has 0 amide bonds. The van der Waals surface area contributed by atoms with E-state index in [0.717, 1.165) is 44.7 Å². The second-order valence-electron chi connectivity index (χ2n) is 5.77. The second-order valence-corrected chi connectivity index (χ2v) is 5.77. The van der Waals surface area contributed by atoms with E-state index < -0.39 is 0 Å². The molecule has 0 spiro atoms. The Kier molecular flexibility index (Phi) is 5.06. The van der Waals surface area contributed by atoms with Crippen LogP contribution in [0.15, 0.2) is 24.3 Å². The maximum atomic E-state index is 13.0. The molecule has 2 N–H and O–H groups in total. The Morgan fingerprint density at radius 1 is 1.14 bits per heavy atom. The third-order valence-electron chi connectivity index (χ3n) is 4.18. The normalized spacial score (nSPS) is 27.5. The van der Waals surface area contributed by atoms with E-state index in [0.29, 0.717) is 12.6 Å². The molecule has 2 aliphatic rings. The zero-order valence-electron chi connectivity index (χ0n) is 12.2. The molecule has 4 nitrogen and oxygen atoms in total. The lowest BCUT2D eigenvalue weighted by Gasteiger charge is -2.36. The van der Waals surface area contributed by atoms with Gasteiger partial charge in [-0.25, -0.2) is 4.39 Å².